The summed E-state index contributed by atoms with van der Waals surface area (Å²) >= 11 is 0. The first-order valence-corrected chi connectivity index (χ1v) is 3.79. The highest BCUT2D eigenvalue weighted by Gasteiger charge is 2.07. The van der Waals surface area contributed by atoms with E-state index in [-0.39, 0.29) is 0 Å². The quantitative estimate of drug-likeness (QED) is 0.532. The monoisotopic (exact) mass is 147 g/mol. The van der Waals surface area contributed by atoms with E-state index in [0.29, 0.717) is 5.92 Å². The highest BCUT2D eigenvalue weighted by atomic mass is 14.7. The summed E-state index contributed by atoms with van der Waals surface area (Å²) in [5.41, 5.74) is 2.08. The van der Waals surface area contributed by atoms with Crippen LogP contribution in [0.5, 0.6) is 0 Å². The SMILES string of the molecule is C=CC1=CC(C)CC=C1N=C. The third-order valence-electron chi connectivity index (χ3n) is 1.83. The van der Waals surface area contributed by atoms with Crippen molar-refractivity contribution in [2.45, 2.75) is 13.3 Å². The van der Waals surface area contributed by atoms with Crippen molar-refractivity contribution in [2.75, 3.05) is 0 Å². The zero-order chi connectivity index (χ0) is 8.27. The van der Waals surface area contributed by atoms with Crippen molar-refractivity contribution in [3.8, 4) is 0 Å². The lowest BCUT2D eigenvalue weighted by Crippen LogP contribution is -1.97. The van der Waals surface area contributed by atoms with Crippen LogP contribution in [0, 0.1) is 5.92 Å². The molecule has 0 heterocycles. The summed E-state index contributed by atoms with van der Waals surface area (Å²) in [5.74, 6) is 0.605. The lowest BCUT2D eigenvalue weighted by Gasteiger charge is -2.13. The second-order valence-corrected chi connectivity index (χ2v) is 2.79. The van der Waals surface area contributed by atoms with Gasteiger partial charge in [-0.25, -0.2) is 0 Å². The van der Waals surface area contributed by atoms with E-state index in [2.05, 4.69) is 37.4 Å². The lowest BCUT2D eigenvalue weighted by molar-refractivity contribution is 0.724. The van der Waals surface area contributed by atoms with E-state index < -0.39 is 0 Å². The van der Waals surface area contributed by atoms with Crippen LogP contribution in [0.25, 0.3) is 0 Å². The molecule has 1 heteroatoms. The Morgan fingerprint density at radius 3 is 3.00 bits per heavy atom. The molecule has 11 heavy (non-hydrogen) atoms. The first kappa shape index (κ1) is 7.99. The molecule has 0 bridgehead atoms. The van der Waals surface area contributed by atoms with Crippen LogP contribution < -0.4 is 0 Å². The van der Waals surface area contributed by atoms with Gasteiger partial charge in [0.05, 0.1) is 5.70 Å². The molecule has 0 aromatic heterocycles. The number of allylic oxidation sites excluding steroid dienone is 3. The van der Waals surface area contributed by atoms with Gasteiger partial charge in [0.25, 0.3) is 0 Å². The number of hydrogen-bond acceptors (Lipinski definition) is 1. The van der Waals surface area contributed by atoms with Crippen LogP contribution in [0.3, 0.4) is 0 Å². The molecule has 0 aliphatic heterocycles. The fraction of sp³-hybridized carbons (Fsp3) is 0.300. The third-order valence-corrected chi connectivity index (χ3v) is 1.83. The zero-order valence-electron chi connectivity index (χ0n) is 6.88. The van der Waals surface area contributed by atoms with E-state index in [0.717, 1.165) is 17.7 Å². The van der Waals surface area contributed by atoms with Gasteiger partial charge in [-0.2, -0.15) is 0 Å². The van der Waals surface area contributed by atoms with Gasteiger partial charge >= 0.3 is 0 Å². The van der Waals surface area contributed by atoms with Crippen molar-refractivity contribution >= 4 is 6.72 Å². The van der Waals surface area contributed by atoms with Gasteiger partial charge < -0.3 is 0 Å². The molecular formula is C10H13N. The average molecular weight is 147 g/mol. The summed E-state index contributed by atoms with van der Waals surface area (Å²) < 4.78 is 0. The van der Waals surface area contributed by atoms with Gasteiger partial charge in [-0.1, -0.05) is 31.7 Å². The van der Waals surface area contributed by atoms with E-state index in [9.17, 15) is 0 Å². The molecule has 1 unspecified atom stereocenters. The molecule has 1 rings (SSSR count). The Bertz CT molecular complexity index is 233. The van der Waals surface area contributed by atoms with Crippen molar-refractivity contribution in [1.29, 1.82) is 0 Å². The van der Waals surface area contributed by atoms with Crippen molar-refractivity contribution < 1.29 is 0 Å². The normalized spacial score (nSPS) is 23.5. The molecule has 58 valence electrons. The Labute approximate surface area is 67.8 Å². The second-order valence-electron chi connectivity index (χ2n) is 2.79. The summed E-state index contributed by atoms with van der Waals surface area (Å²) in [5, 5.41) is 0. The summed E-state index contributed by atoms with van der Waals surface area (Å²) in [6.07, 6.45) is 7.17. The highest BCUT2D eigenvalue weighted by Crippen LogP contribution is 2.23. The number of nitrogens with zero attached hydrogens (tertiary/aromatic N) is 1. The summed E-state index contributed by atoms with van der Waals surface area (Å²) in [6.45, 7) is 9.40. The molecule has 0 saturated carbocycles. The maximum Gasteiger partial charge on any atom is 0.0651 e. The molecule has 0 saturated heterocycles. The molecule has 0 aromatic rings. The Hall–Kier alpha value is -1.11. The minimum atomic E-state index is 0.605. The molecule has 1 aliphatic carbocycles. The summed E-state index contributed by atoms with van der Waals surface area (Å²) in [7, 11) is 0. The van der Waals surface area contributed by atoms with Gasteiger partial charge in [0, 0.05) is 0 Å². The highest BCUT2D eigenvalue weighted by molar-refractivity contribution is 5.45. The summed E-state index contributed by atoms with van der Waals surface area (Å²) in [4.78, 5) is 3.91. The maximum atomic E-state index is 3.91. The first-order valence-electron chi connectivity index (χ1n) is 3.79. The molecule has 0 N–H and O–H groups in total. The minimum Gasteiger partial charge on any atom is -0.264 e. The van der Waals surface area contributed by atoms with Crippen LogP contribution in [0.1, 0.15) is 13.3 Å². The van der Waals surface area contributed by atoms with Crippen LogP contribution >= 0.6 is 0 Å². The largest absolute Gasteiger partial charge is 0.264 e. The lowest BCUT2D eigenvalue weighted by atomic mass is 9.96. The second kappa shape index (κ2) is 3.33. The van der Waals surface area contributed by atoms with Crippen molar-refractivity contribution in [3.05, 3.63) is 36.1 Å². The standard InChI is InChI=1S/C10H13N/c1-4-9-7-8(2)5-6-10(9)11-3/h4,6-8H,1,3,5H2,2H3. The van der Waals surface area contributed by atoms with Crippen LogP contribution in [-0.2, 0) is 0 Å². The molecule has 1 nitrogen and oxygen atoms in total. The molecule has 0 aromatic carbocycles. The number of hydrogen-bond donors (Lipinski definition) is 0. The predicted molar refractivity (Wildman–Crippen MR) is 49.7 cm³/mol. The van der Waals surface area contributed by atoms with Crippen molar-refractivity contribution in [3.63, 3.8) is 0 Å². The van der Waals surface area contributed by atoms with Crippen LogP contribution in [0.2, 0.25) is 0 Å². The fourth-order valence-corrected chi connectivity index (χ4v) is 1.20. The predicted octanol–water partition coefficient (Wildman–Crippen LogP) is 2.72. The van der Waals surface area contributed by atoms with E-state index in [1.54, 1.807) is 0 Å². The molecule has 1 aliphatic rings. The van der Waals surface area contributed by atoms with E-state index >= 15 is 0 Å². The third kappa shape index (κ3) is 1.67. The Balaban J connectivity index is 2.90. The van der Waals surface area contributed by atoms with Gasteiger partial charge in [0.1, 0.15) is 0 Å². The van der Waals surface area contributed by atoms with Crippen molar-refractivity contribution in [2.24, 2.45) is 10.9 Å². The van der Waals surface area contributed by atoms with Gasteiger partial charge in [-0.05, 0) is 24.6 Å². The minimum absolute atomic E-state index is 0.605. The van der Waals surface area contributed by atoms with Gasteiger partial charge in [-0.3, -0.25) is 4.99 Å². The fourth-order valence-electron chi connectivity index (χ4n) is 1.20. The summed E-state index contributed by atoms with van der Waals surface area (Å²) in [6, 6.07) is 0. The van der Waals surface area contributed by atoms with E-state index in [1.165, 1.54) is 0 Å². The van der Waals surface area contributed by atoms with Crippen LogP contribution in [0.4, 0.5) is 0 Å². The Kier molecular flexibility index (Phi) is 2.42. The Morgan fingerprint density at radius 1 is 1.73 bits per heavy atom. The van der Waals surface area contributed by atoms with Crippen molar-refractivity contribution in [1.82, 2.24) is 0 Å². The molecule has 1 atom stereocenters. The molecule has 0 radical (unpaired) electrons. The molecule has 0 amide bonds. The smallest absolute Gasteiger partial charge is 0.0651 e. The van der Waals surface area contributed by atoms with Gasteiger partial charge in [0.2, 0.25) is 0 Å². The number of aliphatic imine (C=N–C) groups is 1. The average Bonchev–Trinajstić information content (AvgIpc) is 2.04. The number of rotatable bonds is 2. The zero-order valence-corrected chi connectivity index (χ0v) is 6.88. The maximum absolute atomic E-state index is 3.91. The molecule has 0 spiro atoms. The molecular weight excluding hydrogens is 134 g/mol. The van der Waals surface area contributed by atoms with Gasteiger partial charge in [-0.15, -0.1) is 0 Å². The Morgan fingerprint density at radius 2 is 2.45 bits per heavy atom. The topological polar surface area (TPSA) is 12.4 Å². The van der Waals surface area contributed by atoms with E-state index in [4.69, 9.17) is 0 Å². The van der Waals surface area contributed by atoms with Crippen LogP contribution in [-0.4, -0.2) is 6.72 Å². The van der Waals surface area contributed by atoms with Crippen LogP contribution in [0.15, 0.2) is 41.1 Å². The first-order chi connectivity index (χ1) is 5.27. The molecule has 0 fully saturated rings. The van der Waals surface area contributed by atoms with Gasteiger partial charge in [0.15, 0.2) is 0 Å². The van der Waals surface area contributed by atoms with E-state index in [1.807, 2.05) is 6.08 Å².